The molecular formula is C12H17ClFN3. The van der Waals surface area contributed by atoms with Gasteiger partial charge in [0.2, 0.25) is 0 Å². The molecule has 0 amide bonds. The summed E-state index contributed by atoms with van der Waals surface area (Å²) in [4.78, 5) is 7.73. The largest absolute Gasteiger partial charge is 0.367 e. The van der Waals surface area contributed by atoms with Crippen LogP contribution in [-0.4, -0.2) is 22.4 Å². The molecule has 5 heteroatoms. The van der Waals surface area contributed by atoms with Crippen molar-refractivity contribution in [3.8, 4) is 0 Å². The normalized spacial score (nSPS) is 18.3. The number of halogens is 2. The van der Waals surface area contributed by atoms with Gasteiger partial charge in [0.15, 0.2) is 11.6 Å². The summed E-state index contributed by atoms with van der Waals surface area (Å²) in [6.07, 6.45) is 6.01. The predicted octanol–water partition coefficient (Wildman–Crippen LogP) is 3.14. The lowest BCUT2D eigenvalue weighted by atomic mass is 9.88. The van der Waals surface area contributed by atoms with Crippen molar-refractivity contribution in [1.29, 1.82) is 0 Å². The molecule has 1 aliphatic carbocycles. The molecule has 0 saturated heterocycles. The van der Waals surface area contributed by atoms with Crippen LogP contribution in [0, 0.1) is 18.2 Å². The SMILES string of the molecule is Cc1ncnc(NCC2(CCl)CCCC2)c1F. The Morgan fingerprint density at radius 3 is 2.76 bits per heavy atom. The van der Waals surface area contributed by atoms with Gasteiger partial charge in [-0.1, -0.05) is 12.8 Å². The summed E-state index contributed by atoms with van der Waals surface area (Å²) in [5.74, 6) is 0.537. The number of hydrogen-bond donors (Lipinski definition) is 1. The Balaban J connectivity index is 2.04. The van der Waals surface area contributed by atoms with Crippen LogP contribution in [0.15, 0.2) is 6.33 Å². The first-order chi connectivity index (χ1) is 8.17. The van der Waals surface area contributed by atoms with Crippen molar-refractivity contribution in [2.24, 2.45) is 5.41 Å². The van der Waals surface area contributed by atoms with E-state index in [1.54, 1.807) is 6.92 Å². The predicted molar refractivity (Wildman–Crippen MR) is 66.8 cm³/mol. The monoisotopic (exact) mass is 257 g/mol. The molecule has 1 aromatic rings. The van der Waals surface area contributed by atoms with E-state index < -0.39 is 0 Å². The molecule has 0 unspecified atom stereocenters. The summed E-state index contributed by atoms with van der Waals surface area (Å²) >= 11 is 6.04. The third-order valence-electron chi connectivity index (χ3n) is 3.54. The first-order valence-electron chi connectivity index (χ1n) is 5.94. The van der Waals surface area contributed by atoms with E-state index in [0.717, 1.165) is 12.8 Å². The molecule has 1 N–H and O–H groups in total. The topological polar surface area (TPSA) is 37.8 Å². The standard InChI is InChI=1S/C12H17ClFN3/c1-9-10(14)11(17-8-16-9)15-7-12(6-13)4-2-3-5-12/h8H,2-7H2,1H3,(H,15,16,17). The molecule has 2 rings (SSSR count). The number of hydrogen-bond acceptors (Lipinski definition) is 3. The number of aryl methyl sites for hydroxylation is 1. The van der Waals surface area contributed by atoms with Crippen molar-refractivity contribution < 1.29 is 4.39 Å². The van der Waals surface area contributed by atoms with E-state index in [9.17, 15) is 4.39 Å². The molecule has 94 valence electrons. The Hall–Kier alpha value is -0.900. The van der Waals surface area contributed by atoms with Crippen molar-refractivity contribution >= 4 is 17.4 Å². The second-order valence-electron chi connectivity index (χ2n) is 4.82. The summed E-state index contributed by atoms with van der Waals surface area (Å²) in [6, 6.07) is 0. The molecule has 3 nitrogen and oxygen atoms in total. The first kappa shape index (κ1) is 12.6. The Morgan fingerprint density at radius 2 is 2.12 bits per heavy atom. The molecular weight excluding hydrogens is 241 g/mol. The maximum atomic E-state index is 13.7. The summed E-state index contributed by atoms with van der Waals surface area (Å²) in [6.45, 7) is 2.32. The number of nitrogens with one attached hydrogen (secondary N) is 1. The molecule has 1 aliphatic rings. The van der Waals surface area contributed by atoms with Gasteiger partial charge in [-0.25, -0.2) is 14.4 Å². The summed E-state index contributed by atoms with van der Waals surface area (Å²) in [5, 5.41) is 3.08. The van der Waals surface area contributed by atoms with Gasteiger partial charge >= 0.3 is 0 Å². The lowest BCUT2D eigenvalue weighted by molar-refractivity contribution is 0.367. The molecule has 0 spiro atoms. The third kappa shape index (κ3) is 2.68. The second-order valence-corrected chi connectivity index (χ2v) is 5.08. The van der Waals surface area contributed by atoms with Crippen LogP contribution in [0.4, 0.5) is 10.2 Å². The Labute approximate surface area is 106 Å². The van der Waals surface area contributed by atoms with Crippen molar-refractivity contribution in [3.05, 3.63) is 17.8 Å². The van der Waals surface area contributed by atoms with Gasteiger partial charge in [-0.2, -0.15) is 0 Å². The van der Waals surface area contributed by atoms with E-state index in [0.29, 0.717) is 18.1 Å². The van der Waals surface area contributed by atoms with Crippen LogP contribution in [0.5, 0.6) is 0 Å². The minimum Gasteiger partial charge on any atom is -0.367 e. The second kappa shape index (κ2) is 5.17. The number of anilines is 1. The average molecular weight is 258 g/mol. The van der Waals surface area contributed by atoms with Crippen LogP contribution in [0.25, 0.3) is 0 Å². The average Bonchev–Trinajstić information content (AvgIpc) is 2.81. The fourth-order valence-corrected chi connectivity index (χ4v) is 2.70. The molecule has 1 fully saturated rings. The fraction of sp³-hybridized carbons (Fsp3) is 0.667. The minimum absolute atomic E-state index is 0.104. The number of aromatic nitrogens is 2. The minimum atomic E-state index is -0.366. The third-order valence-corrected chi connectivity index (χ3v) is 4.11. The van der Waals surface area contributed by atoms with Gasteiger partial charge in [0, 0.05) is 17.8 Å². The molecule has 0 aliphatic heterocycles. The quantitative estimate of drug-likeness (QED) is 0.842. The fourth-order valence-electron chi connectivity index (χ4n) is 2.34. The highest BCUT2D eigenvalue weighted by Crippen LogP contribution is 2.39. The number of alkyl halides is 1. The summed E-state index contributed by atoms with van der Waals surface area (Å²) < 4.78 is 13.7. The number of nitrogens with zero attached hydrogens (tertiary/aromatic N) is 2. The highest BCUT2D eigenvalue weighted by atomic mass is 35.5. The molecule has 0 atom stereocenters. The highest BCUT2D eigenvalue weighted by molar-refractivity contribution is 6.18. The molecule has 1 saturated carbocycles. The van der Waals surface area contributed by atoms with Gasteiger partial charge in [-0.05, 0) is 19.8 Å². The zero-order valence-electron chi connectivity index (χ0n) is 9.97. The van der Waals surface area contributed by atoms with Crippen LogP contribution >= 0.6 is 11.6 Å². The van der Waals surface area contributed by atoms with Gasteiger partial charge in [0.25, 0.3) is 0 Å². The molecule has 0 radical (unpaired) electrons. The van der Waals surface area contributed by atoms with Crippen molar-refractivity contribution in [1.82, 2.24) is 9.97 Å². The van der Waals surface area contributed by atoms with Gasteiger partial charge in [0.1, 0.15) is 6.33 Å². The van der Waals surface area contributed by atoms with Gasteiger partial charge in [0.05, 0.1) is 5.69 Å². The Kier molecular flexibility index (Phi) is 3.82. The molecule has 0 aromatic carbocycles. The smallest absolute Gasteiger partial charge is 0.186 e. The molecule has 1 aromatic heterocycles. The van der Waals surface area contributed by atoms with Crippen LogP contribution < -0.4 is 5.32 Å². The van der Waals surface area contributed by atoms with Gasteiger partial charge in [-0.15, -0.1) is 11.6 Å². The molecule has 1 heterocycles. The van der Waals surface area contributed by atoms with Crippen LogP contribution in [0.1, 0.15) is 31.4 Å². The maximum absolute atomic E-state index is 13.7. The van der Waals surface area contributed by atoms with E-state index >= 15 is 0 Å². The van der Waals surface area contributed by atoms with Gasteiger partial charge in [-0.3, -0.25) is 0 Å². The zero-order chi connectivity index (χ0) is 12.3. The van der Waals surface area contributed by atoms with E-state index in [-0.39, 0.29) is 17.1 Å². The van der Waals surface area contributed by atoms with E-state index in [1.165, 1.54) is 19.2 Å². The van der Waals surface area contributed by atoms with Crippen molar-refractivity contribution in [2.45, 2.75) is 32.6 Å². The van der Waals surface area contributed by atoms with E-state index in [2.05, 4.69) is 15.3 Å². The zero-order valence-corrected chi connectivity index (χ0v) is 10.7. The van der Waals surface area contributed by atoms with Crippen molar-refractivity contribution in [2.75, 3.05) is 17.7 Å². The summed E-state index contributed by atoms with van der Waals surface area (Å²) in [7, 11) is 0. The summed E-state index contributed by atoms with van der Waals surface area (Å²) in [5.41, 5.74) is 0.473. The van der Waals surface area contributed by atoms with E-state index in [4.69, 9.17) is 11.6 Å². The van der Waals surface area contributed by atoms with E-state index in [1.807, 2.05) is 0 Å². The number of rotatable bonds is 4. The van der Waals surface area contributed by atoms with Crippen LogP contribution in [-0.2, 0) is 0 Å². The first-order valence-corrected chi connectivity index (χ1v) is 6.47. The Morgan fingerprint density at radius 1 is 1.41 bits per heavy atom. The Bertz CT molecular complexity index is 391. The molecule has 17 heavy (non-hydrogen) atoms. The van der Waals surface area contributed by atoms with Crippen LogP contribution in [0.2, 0.25) is 0 Å². The van der Waals surface area contributed by atoms with Crippen molar-refractivity contribution in [3.63, 3.8) is 0 Å². The highest BCUT2D eigenvalue weighted by Gasteiger charge is 2.33. The lowest BCUT2D eigenvalue weighted by Crippen LogP contribution is -2.29. The molecule has 0 bridgehead atoms. The lowest BCUT2D eigenvalue weighted by Gasteiger charge is -2.26. The van der Waals surface area contributed by atoms with Gasteiger partial charge < -0.3 is 5.32 Å². The van der Waals surface area contributed by atoms with Crippen LogP contribution in [0.3, 0.4) is 0 Å². The maximum Gasteiger partial charge on any atom is 0.186 e.